The topological polar surface area (TPSA) is 17.1 Å². The molecular formula is C20H27FO. The summed E-state index contributed by atoms with van der Waals surface area (Å²) in [6.45, 7) is 1.83. The predicted octanol–water partition coefficient (Wildman–Crippen LogP) is 5.41. The molecule has 2 heteroatoms. The second-order valence-corrected chi connectivity index (χ2v) is 7.43. The summed E-state index contributed by atoms with van der Waals surface area (Å²) in [4.78, 5) is 10.9. The summed E-state index contributed by atoms with van der Waals surface area (Å²) in [5.74, 6) is 2.46. The molecule has 0 spiro atoms. The number of aldehydes is 1. The van der Waals surface area contributed by atoms with Crippen molar-refractivity contribution in [3.63, 3.8) is 0 Å². The van der Waals surface area contributed by atoms with Crippen molar-refractivity contribution in [2.24, 2.45) is 17.8 Å². The first-order valence-corrected chi connectivity index (χ1v) is 8.88. The average Bonchev–Trinajstić information content (AvgIpc) is 2.58. The van der Waals surface area contributed by atoms with Crippen LogP contribution >= 0.6 is 0 Å². The third kappa shape index (κ3) is 3.42. The normalized spacial score (nSPS) is 32.6. The van der Waals surface area contributed by atoms with Gasteiger partial charge in [0.05, 0.1) is 0 Å². The van der Waals surface area contributed by atoms with E-state index in [1.807, 2.05) is 13.0 Å². The van der Waals surface area contributed by atoms with Crippen LogP contribution in [0, 0.1) is 30.5 Å². The molecule has 0 N–H and O–H groups in total. The van der Waals surface area contributed by atoms with E-state index in [1.54, 1.807) is 6.07 Å². The Morgan fingerprint density at radius 1 is 0.955 bits per heavy atom. The van der Waals surface area contributed by atoms with Crippen LogP contribution in [0.5, 0.6) is 0 Å². The maximum atomic E-state index is 13.7. The van der Waals surface area contributed by atoms with Gasteiger partial charge in [0.15, 0.2) is 0 Å². The predicted molar refractivity (Wildman–Crippen MR) is 87.3 cm³/mol. The highest BCUT2D eigenvalue weighted by Gasteiger charge is 2.31. The van der Waals surface area contributed by atoms with E-state index in [0.717, 1.165) is 36.5 Å². The molecule has 0 amide bonds. The van der Waals surface area contributed by atoms with Crippen molar-refractivity contribution < 1.29 is 9.18 Å². The Labute approximate surface area is 133 Å². The van der Waals surface area contributed by atoms with Gasteiger partial charge >= 0.3 is 0 Å². The third-order valence-corrected chi connectivity index (χ3v) is 6.11. The highest BCUT2D eigenvalue weighted by molar-refractivity contribution is 5.53. The number of aryl methyl sites for hydroxylation is 1. The SMILES string of the molecule is Cc1ccc(C2CCC(C3CCC(C=O)CC3)CC2)cc1F. The minimum atomic E-state index is -0.0631. The summed E-state index contributed by atoms with van der Waals surface area (Å²) < 4.78 is 13.7. The molecule has 1 nitrogen and oxygen atoms in total. The zero-order chi connectivity index (χ0) is 15.5. The summed E-state index contributed by atoms with van der Waals surface area (Å²) >= 11 is 0. The molecule has 1 aromatic carbocycles. The molecule has 0 aromatic heterocycles. The van der Waals surface area contributed by atoms with Gasteiger partial charge < -0.3 is 4.79 Å². The quantitative estimate of drug-likeness (QED) is 0.682. The van der Waals surface area contributed by atoms with Crippen LogP contribution in [0.4, 0.5) is 4.39 Å². The molecule has 0 heterocycles. The monoisotopic (exact) mass is 302 g/mol. The van der Waals surface area contributed by atoms with E-state index in [9.17, 15) is 9.18 Å². The molecule has 22 heavy (non-hydrogen) atoms. The van der Waals surface area contributed by atoms with Gasteiger partial charge in [-0.15, -0.1) is 0 Å². The van der Waals surface area contributed by atoms with Crippen molar-refractivity contribution in [2.45, 2.75) is 64.2 Å². The van der Waals surface area contributed by atoms with Crippen molar-refractivity contribution in [1.82, 2.24) is 0 Å². The van der Waals surface area contributed by atoms with E-state index in [2.05, 4.69) is 6.07 Å². The maximum absolute atomic E-state index is 13.7. The van der Waals surface area contributed by atoms with E-state index in [4.69, 9.17) is 0 Å². The number of halogens is 1. The molecule has 120 valence electrons. The first-order chi connectivity index (χ1) is 10.7. The summed E-state index contributed by atoms with van der Waals surface area (Å²) in [5, 5.41) is 0. The van der Waals surface area contributed by atoms with Crippen LogP contribution in [-0.2, 0) is 4.79 Å². The van der Waals surface area contributed by atoms with Crippen LogP contribution in [0.3, 0.4) is 0 Å². The molecule has 2 aliphatic carbocycles. The fraction of sp³-hybridized carbons (Fsp3) is 0.650. The molecule has 1 aromatic rings. The van der Waals surface area contributed by atoms with Crippen molar-refractivity contribution in [2.75, 3.05) is 0 Å². The van der Waals surface area contributed by atoms with Crippen LogP contribution in [-0.4, -0.2) is 6.29 Å². The van der Waals surface area contributed by atoms with Crippen LogP contribution in [0.25, 0.3) is 0 Å². The Bertz CT molecular complexity index is 508. The third-order valence-electron chi connectivity index (χ3n) is 6.11. The lowest BCUT2D eigenvalue weighted by Crippen LogP contribution is -2.25. The minimum Gasteiger partial charge on any atom is -0.303 e. The van der Waals surface area contributed by atoms with Gasteiger partial charge in [0.25, 0.3) is 0 Å². The highest BCUT2D eigenvalue weighted by atomic mass is 19.1. The lowest BCUT2D eigenvalue weighted by Gasteiger charge is -2.37. The Morgan fingerprint density at radius 3 is 2.09 bits per heavy atom. The van der Waals surface area contributed by atoms with Gasteiger partial charge in [-0.1, -0.05) is 12.1 Å². The zero-order valence-corrected chi connectivity index (χ0v) is 13.6. The van der Waals surface area contributed by atoms with E-state index in [-0.39, 0.29) is 5.82 Å². The number of benzene rings is 1. The molecule has 0 aliphatic heterocycles. The average molecular weight is 302 g/mol. The molecule has 2 saturated carbocycles. The first kappa shape index (κ1) is 15.7. The molecule has 0 radical (unpaired) electrons. The van der Waals surface area contributed by atoms with Crippen molar-refractivity contribution in [1.29, 1.82) is 0 Å². The fourth-order valence-corrected chi connectivity index (χ4v) is 4.54. The van der Waals surface area contributed by atoms with Crippen molar-refractivity contribution in [3.8, 4) is 0 Å². The Hall–Kier alpha value is -1.18. The molecule has 0 saturated heterocycles. The molecule has 0 atom stereocenters. The molecule has 0 bridgehead atoms. The van der Waals surface area contributed by atoms with Gasteiger partial charge in [-0.25, -0.2) is 4.39 Å². The Morgan fingerprint density at radius 2 is 1.55 bits per heavy atom. The standard InChI is InChI=1S/C20H27FO/c1-14-2-5-19(12-20(14)21)18-10-8-17(9-11-18)16-6-3-15(13-22)4-7-16/h2,5,12-13,15-18H,3-4,6-11H2,1H3. The van der Waals surface area contributed by atoms with Crippen LogP contribution < -0.4 is 0 Å². The lowest BCUT2D eigenvalue weighted by molar-refractivity contribution is -0.112. The summed E-state index contributed by atoms with van der Waals surface area (Å²) in [6.07, 6.45) is 10.7. The largest absolute Gasteiger partial charge is 0.303 e. The highest BCUT2D eigenvalue weighted by Crippen LogP contribution is 2.43. The minimum absolute atomic E-state index is 0.0631. The van der Waals surface area contributed by atoms with Gasteiger partial charge in [-0.05, 0) is 93.2 Å². The lowest BCUT2D eigenvalue weighted by atomic mass is 9.68. The van der Waals surface area contributed by atoms with Crippen molar-refractivity contribution >= 4 is 6.29 Å². The van der Waals surface area contributed by atoms with Gasteiger partial charge in [-0.2, -0.15) is 0 Å². The first-order valence-electron chi connectivity index (χ1n) is 8.88. The molecule has 2 aliphatic rings. The van der Waals surface area contributed by atoms with E-state index in [1.165, 1.54) is 44.1 Å². The van der Waals surface area contributed by atoms with Crippen LogP contribution in [0.2, 0.25) is 0 Å². The number of carbonyl (C=O) groups excluding carboxylic acids is 1. The van der Waals surface area contributed by atoms with E-state index in [0.29, 0.717) is 11.8 Å². The second kappa shape index (κ2) is 6.93. The van der Waals surface area contributed by atoms with Crippen LogP contribution in [0.15, 0.2) is 18.2 Å². The number of hydrogen-bond acceptors (Lipinski definition) is 1. The Balaban J connectivity index is 1.54. The summed E-state index contributed by atoms with van der Waals surface area (Å²) in [6, 6.07) is 5.77. The maximum Gasteiger partial charge on any atom is 0.126 e. The summed E-state index contributed by atoms with van der Waals surface area (Å²) in [5.41, 5.74) is 1.93. The van der Waals surface area contributed by atoms with E-state index < -0.39 is 0 Å². The van der Waals surface area contributed by atoms with Crippen LogP contribution in [0.1, 0.15) is 68.4 Å². The van der Waals surface area contributed by atoms with Gasteiger partial charge in [-0.3, -0.25) is 0 Å². The van der Waals surface area contributed by atoms with Gasteiger partial charge in [0.2, 0.25) is 0 Å². The summed E-state index contributed by atoms with van der Waals surface area (Å²) in [7, 11) is 0. The molecular weight excluding hydrogens is 275 g/mol. The number of rotatable bonds is 3. The molecule has 2 fully saturated rings. The zero-order valence-electron chi connectivity index (χ0n) is 13.6. The number of hydrogen-bond donors (Lipinski definition) is 0. The van der Waals surface area contributed by atoms with E-state index >= 15 is 0 Å². The van der Waals surface area contributed by atoms with Gasteiger partial charge in [0, 0.05) is 5.92 Å². The second-order valence-electron chi connectivity index (χ2n) is 7.43. The van der Waals surface area contributed by atoms with Gasteiger partial charge in [0.1, 0.15) is 12.1 Å². The Kier molecular flexibility index (Phi) is 4.95. The fourth-order valence-electron chi connectivity index (χ4n) is 4.54. The van der Waals surface area contributed by atoms with Crippen molar-refractivity contribution in [3.05, 3.63) is 35.1 Å². The smallest absolute Gasteiger partial charge is 0.126 e. The number of carbonyl (C=O) groups is 1. The molecule has 3 rings (SSSR count). The molecule has 0 unspecified atom stereocenters.